The first-order valence-electron chi connectivity index (χ1n) is 5.54. The molecule has 0 bridgehead atoms. The number of hydrogen-bond acceptors (Lipinski definition) is 5. The van der Waals surface area contributed by atoms with Crippen LogP contribution in [0.2, 0.25) is 10.0 Å². The molecule has 0 spiro atoms. The first-order chi connectivity index (χ1) is 9.65. The Labute approximate surface area is 127 Å². The molecule has 0 unspecified atom stereocenters. The highest BCUT2D eigenvalue weighted by molar-refractivity contribution is 7.13. The largest absolute Gasteiger partial charge is 0.462 e. The van der Waals surface area contributed by atoms with Gasteiger partial charge in [0, 0.05) is 5.38 Å². The topological polar surface area (TPSA) is 60.9 Å². The molecule has 0 amide bonds. The normalized spacial score (nSPS) is 10.9. The van der Waals surface area contributed by atoms with Crippen LogP contribution in [0, 0.1) is 0 Å². The number of aromatic nitrogens is 3. The molecule has 102 valence electrons. The summed E-state index contributed by atoms with van der Waals surface area (Å²) in [7, 11) is 0. The van der Waals surface area contributed by atoms with E-state index in [0.29, 0.717) is 11.5 Å². The van der Waals surface area contributed by atoms with Gasteiger partial charge in [0.05, 0.1) is 29.7 Å². The second-order valence-corrected chi connectivity index (χ2v) is 5.53. The highest BCUT2D eigenvalue weighted by Gasteiger charge is 2.11. The predicted molar refractivity (Wildman–Crippen MR) is 77.4 cm³/mol. The summed E-state index contributed by atoms with van der Waals surface area (Å²) in [5, 5.41) is 6.63. The number of nitrogens with zero attached hydrogens (tertiary/aromatic N) is 3. The van der Waals surface area contributed by atoms with Crippen molar-refractivity contribution in [3.63, 3.8) is 0 Å². The smallest absolute Gasteiger partial charge is 0.287 e. The zero-order chi connectivity index (χ0) is 14.1. The molecule has 0 aromatic carbocycles. The summed E-state index contributed by atoms with van der Waals surface area (Å²) in [5.74, 6) is 0.690. The Morgan fingerprint density at radius 2 is 2.25 bits per heavy atom. The highest BCUT2D eigenvalue weighted by Crippen LogP contribution is 2.24. The van der Waals surface area contributed by atoms with Crippen molar-refractivity contribution < 1.29 is 4.42 Å². The SMILES string of the molecule is O=c1c(Cl)c(Cl)cnn1Cc1csc(-c2ccco2)n1. The lowest BCUT2D eigenvalue weighted by Gasteiger charge is -2.02. The zero-order valence-corrected chi connectivity index (χ0v) is 12.2. The number of halogens is 2. The van der Waals surface area contributed by atoms with E-state index in [9.17, 15) is 4.79 Å². The van der Waals surface area contributed by atoms with E-state index in [0.717, 1.165) is 5.01 Å². The van der Waals surface area contributed by atoms with Crippen LogP contribution in [0.5, 0.6) is 0 Å². The second-order valence-electron chi connectivity index (χ2n) is 3.89. The molecule has 0 aliphatic rings. The molecular weight excluding hydrogens is 321 g/mol. The van der Waals surface area contributed by atoms with E-state index in [-0.39, 0.29) is 16.6 Å². The Kier molecular flexibility index (Phi) is 3.60. The molecule has 0 fully saturated rings. The van der Waals surface area contributed by atoms with Gasteiger partial charge in [0.1, 0.15) is 5.02 Å². The molecule has 0 aliphatic carbocycles. The van der Waals surface area contributed by atoms with Crippen LogP contribution < -0.4 is 5.56 Å². The van der Waals surface area contributed by atoms with E-state index < -0.39 is 5.56 Å². The summed E-state index contributed by atoms with van der Waals surface area (Å²) in [6, 6.07) is 3.62. The van der Waals surface area contributed by atoms with Gasteiger partial charge in [-0.25, -0.2) is 9.67 Å². The Morgan fingerprint density at radius 3 is 3.00 bits per heavy atom. The maximum Gasteiger partial charge on any atom is 0.287 e. The molecule has 3 heterocycles. The molecule has 0 aliphatic heterocycles. The predicted octanol–water partition coefficient (Wildman–Crippen LogP) is 3.31. The third-order valence-electron chi connectivity index (χ3n) is 2.54. The molecule has 0 radical (unpaired) electrons. The van der Waals surface area contributed by atoms with Crippen LogP contribution in [-0.2, 0) is 6.54 Å². The molecule has 0 N–H and O–H groups in total. The summed E-state index contributed by atoms with van der Waals surface area (Å²) in [4.78, 5) is 16.3. The Bertz CT molecular complexity index is 795. The van der Waals surface area contributed by atoms with Gasteiger partial charge >= 0.3 is 0 Å². The highest BCUT2D eigenvalue weighted by atomic mass is 35.5. The maximum atomic E-state index is 11.9. The molecule has 3 aromatic heterocycles. The standard InChI is InChI=1S/C12H7Cl2N3O2S/c13-8-4-15-17(12(18)10(8)14)5-7-6-20-11(16-7)9-2-1-3-19-9/h1-4,6H,5H2. The molecule has 0 saturated heterocycles. The average Bonchev–Trinajstić information content (AvgIpc) is 3.10. The van der Waals surface area contributed by atoms with Crippen LogP contribution in [-0.4, -0.2) is 14.8 Å². The van der Waals surface area contributed by atoms with E-state index in [1.165, 1.54) is 22.2 Å². The van der Waals surface area contributed by atoms with Crippen molar-refractivity contribution in [2.75, 3.05) is 0 Å². The van der Waals surface area contributed by atoms with E-state index in [2.05, 4.69) is 10.1 Å². The van der Waals surface area contributed by atoms with Gasteiger partial charge < -0.3 is 4.42 Å². The third-order valence-corrected chi connectivity index (χ3v) is 4.19. The monoisotopic (exact) mass is 327 g/mol. The third kappa shape index (κ3) is 2.49. The molecule has 5 nitrogen and oxygen atoms in total. The molecule has 20 heavy (non-hydrogen) atoms. The Balaban J connectivity index is 1.89. The van der Waals surface area contributed by atoms with E-state index in [4.69, 9.17) is 27.6 Å². The van der Waals surface area contributed by atoms with Crippen molar-refractivity contribution in [1.29, 1.82) is 0 Å². The van der Waals surface area contributed by atoms with Crippen LogP contribution in [0.15, 0.2) is 39.2 Å². The van der Waals surface area contributed by atoms with E-state index >= 15 is 0 Å². The van der Waals surface area contributed by atoms with Crippen molar-refractivity contribution in [2.24, 2.45) is 0 Å². The zero-order valence-electron chi connectivity index (χ0n) is 9.92. The summed E-state index contributed by atoms with van der Waals surface area (Å²) in [6.07, 6.45) is 2.92. The average molecular weight is 328 g/mol. The fourth-order valence-corrected chi connectivity index (χ4v) is 2.65. The molecule has 8 heteroatoms. The van der Waals surface area contributed by atoms with Crippen LogP contribution in [0.4, 0.5) is 0 Å². The number of hydrogen-bond donors (Lipinski definition) is 0. The van der Waals surface area contributed by atoms with Crippen molar-refractivity contribution in [3.05, 3.63) is 56.1 Å². The number of thiazole rings is 1. The molecule has 3 rings (SSSR count). The van der Waals surface area contributed by atoms with Gasteiger partial charge in [0.25, 0.3) is 5.56 Å². The minimum atomic E-state index is -0.438. The number of rotatable bonds is 3. The quantitative estimate of drug-likeness (QED) is 0.740. The minimum Gasteiger partial charge on any atom is -0.462 e. The van der Waals surface area contributed by atoms with Crippen molar-refractivity contribution >= 4 is 34.5 Å². The van der Waals surface area contributed by atoms with Crippen molar-refractivity contribution in [3.8, 4) is 10.8 Å². The Hall–Kier alpha value is -1.63. The number of furan rings is 1. The van der Waals surface area contributed by atoms with Gasteiger partial charge in [-0.1, -0.05) is 23.2 Å². The van der Waals surface area contributed by atoms with Gasteiger partial charge in [-0.3, -0.25) is 4.79 Å². The summed E-state index contributed by atoms with van der Waals surface area (Å²) in [5.41, 5.74) is 0.265. The Morgan fingerprint density at radius 1 is 1.40 bits per heavy atom. The molecular formula is C12H7Cl2N3O2S. The minimum absolute atomic E-state index is 0.0387. The summed E-state index contributed by atoms with van der Waals surface area (Å²) < 4.78 is 6.48. The van der Waals surface area contributed by atoms with Crippen LogP contribution in [0.25, 0.3) is 10.8 Å². The lowest BCUT2D eigenvalue weighted by atomic mass is 10.4. The van der Waals surface area contributed by atoms with Gasteiger partial charge in [-0.2, -0.15) is 5.10 Å². The molecule has 3 aromatic rings. The fraction of sp³-hybridized carbons (Fsp3) is 0.0833. The van der Waals surface area contributed by atoms with Gasteiger partial charge in [0.15, 0.2) is 10.8 Å². The van der Waals surface area contributed by atoms with Crippen molar-refractivity contribution in [1.82, 2.24) is 14.8 Å². The molecule has 0 atom stereocenters. The first kappa shape index (κ1) is 13.4. The van der Waals surface area contributed by atoms with Gasteiger partial charge in [0.2, 0.25) is 0 Å². The van der Waals surface area contributed by atoms with Crippen LogP contribution in [0.1, 0.15) is 5.69 Å². The second kappa shape index (κ2) is 5.40. The van der Waals surface area contributed by atoms with Gasteiger partial charge in [-0.15, -0.1) is 11.3 Å². The van der Waals surface area contributed by atoms with E-state index in [1.807, 2.05) is 11.4 Å². The summed E-state index contributed by atoms with van der Waals surface area (Å²) >= 11 is 13.0. The van der Waals surface area contributed by atoms with Gasteiger partial charge in [-0.05, 0) is 12.1 Å². The van der Waals surface area contributed by atoms with E-state index in [1.54, 1.807) is 12.3 Å². The first-order valence-corrected chi connectivity index (χ1v) is 7.18. The summed E-state index contributed by atoms with van der Waals surface area (Å²) in [6.45, 7) is 0.229. The fourth-order valence-electron chi connectivity index (χ4n) is 1.60. The lowest BCUT2D eigenvalue weighted by molar-refractivity contribution is 0.580. The van der Waals surface area contributed by atoms with Crippen molar-refractivity contribution in [2.45, 2.75) is 6.54 Å². The molecule has 0 saturated carbocycles. The maximum absolute atomic E-state index is 11.9. The lowest BCUT2D eigenvalue weighted by Crippen LogP contribution is -2.23. The van der Waals surface area contributed by atoms with Crippen LogP contribution in [0.3, 0.4) is 0 Å². The van der Waals surface area contributed by atoms with Crippen LogP contribution >= 0.6 is 34.5 Å².